The van der Waals surface area contributed by atoms with Crippen molar-refractivity contribution in [3.05, 3.63) is 12.3 Å². The van der Waals surface area contributed by atoms with Gasteiger partial charge >= 0.3 is 0 Å². The lowest BCUT2D eigenvalue weighted by Gasteiger charge is -1.88. The van der Waals surface area contributed by atoms with Crippen molar-refractivity contribution in [2.75, 3.05) is 0 Å². The molecule has 8 heavy (non-hydrogen) atoms. The number of rotatable bonds is 3. The van der Waals surface area contributed by atoms with Crippen molar-refractivity contribution in [2.24, 2.45) is 4.99 Å². The van der Waals surface area contributed by atoms with Gasteiger partial charge < -0.3 is 0 Å². The molecule has 0 aromatic rings. The molecule has 0 fully saturated rings. The molecule has 0 aliphatic carbocycles. The molecule has 0 saturated carbocycles. The maximum absolute atomic E-state index is 4.36. The fourth-order valence-electron chi connectivity index (χ4n) is 0.409. The number of allylic oxidation sites excluding steroid dienone is 1. The third-order valence-corrected chi connectivity index (χ3v) is 0.834. The lowest BCUT2D eigenvalue weighted by atomic mass is 10.3. The maximum atomic E-state index is 4.36. The predicted molar refractivity (Wildman–Crippen MR) is 39.1 cm³/mol. The van der Waals surface area contributed by atoms with Crippen molar-refractivity contribution in [1.82, 2.24) is 0 Å². The Morgan fingerprint density at radius 3 is 2.88 bits per heavy atom. The molecule has 0 aliphatic rings. The van der Waals surface area contributed by atoms with Gasteiger partial charge in [-0.15, -0.1) is 0 Å². The van der Waals surface area contributed by atoms with E-state index in [0.29, 0.717) is 0 Å². The molecule has 0 amide bonds. The summed E-state index contributed by atoms with van der Waals surface area (Å²) in [5.74, 6) is 0. The van der Waals surface area contributed by atoms with Crippen LogP contribution in [0.5, 0.6) is 0 Å². The molecule has 2 heteroatoms. The van der Waals surface area contributed by atoms with Crippen LogP contribution in [0, 0.1) is 0 Å². The lowest BCUT2D eigenvalue weighted by molar-refractivity contribution is 0.900. The zero-order valence-corrected chi connectivity index (χ0v) is 5.79. The first-order valence-corrected chi connectivity index (χ1v) is 2.97. The second kappa shape index (κ2) is 4.69. The third kappa shape index (κ3) is 3.72. The van der Waals surface area contributed by atoms with E-state index in [0.717, 1.165) is 18.5 Å². The highest BCUT2D eigenvalue weighted by atomic mass is 32.1. The van der Waals surface area contributed by atoms with Gasteiger partial charge in [0.2, 0.25) is 0 Å². The Hall–Kier alpha value is -0.460. The standard InChI is InChI=1S/C6H9NS/c1-3-4-6(2)7-5-8/h2-4H2,1H3. The highest BCUT2D eigenvalue weighted by Crippen LogP contribution is 2.00. The molecular formula is C6H9NS. The Morgan fingerprint density at radius 2 is 2.50 bits per heavy atom. The highest BCUT2D eigenvalue weighted by Gasteiger charge is 1.82. The summed E-state index contributed by atoms with van der Waals surface area (Å²) in [5.41, 5.74) is 0.822. The van der Waals surface area contributed by atoms with E-state index in [1.54, 1.807) is 0 Å². The van der Waals surface area contributed by atoms with E-state index in [4.69, 9.17) is 0 Å². The van der Waals surface area contributed by atoms with Gasteiger partial charge in [0.15, 0.2) is 0 Å². The van der Waals surface area contributed by atoms with Crippen LogP contribution in [0.3, 0.4) is 0 Å². The zero-order chi connectivity index (χ0) is 6.41. The minimum absolute atomic E-state index is 0.822. The second-order valence-corrected chi connectivity index (χ2v) is 1.70. The topological polar surface area (TPSA) is 12.4 Å². The van der Waals surface area contributed by atoms with Crippen LogP contribution in [0.1, 0.15) is 19.8 Å². The summed E-state index contributed by atoms with van der Waals surface area (Å²) in [6, 6.07) is 0. The van der Waals surface area contributed by atoms with Crippen molar-refractivity contribution >= 4 is 17.4 Å². The summed E-state index contributed by atoms with van der Waals surface area (Å²) in [6.45, 7) is 5.71. The molecule has 44 valence electrons. The first kappa shape index (κ1) is 7.54. The van der Waals surface area contributed by atoms with Crippen LogP contribution < -0.4 is 0 Å². The van der Waals surface area contributed by atoms with Crippen molar-refractivity contribution < 1.29 is 0 Å². The number of isothiocyanates is 1. The monoisotopic (exact) mass is 127 g/mol. The molecule has 0 heterocycles. The Balaban J connectivity index is 3.49. The second-order valence-electron chi connectivity index (χ2n) is 1.52. The van der Waals surface area contributed by atoms with Gasteiger partial charge in [-0.1, -0.05) is 19.9 Å². The van der Waals surface area contributed by atoms with E-state index in [1.165, 1.54) is 0 Å². The van der Waals surface area contributed by atoms with Crippen molar-refractivity contribution in [3.63, 3.8) is 0 Å². The quantitative estimate of drug-likeness (QED) is 0.419. The zero-order valence-electron chi connectivity index (χ0n) is 4.98. The van der Waals surface area contributed by atoms with Crippen molar-refractivity contribution in [3.8, 4) is 0 Å². The summed E-state index contributed by atoms with van der Waals surface area (Å²) in [7, 11) is 0. The van der Waals surface area contributed by atoms with Gasteiger partial charge in [-0.25, -0.2) is 0 Å². The van der Waals surface area contributed by atoms with Crippen LogP contribution >= 0.6 is 12.2 Å². The summed E-state index contributed by atoms with van der Waals surface area (Å²) < 4.78 is 0. The normalized spacial score (nSPS) is 7.62. The Labute approximate surface area is 55.1 Å². The average molecular weight is 127 g/mol. The summed E-state index contributed by atoms with van der Waals surface area (Å²) >= 11 is 4.36. The van der Waals surface area contributed by atoms with E-state index in [1.807, 2.05) is 0 Å². The summed E-state index contributed by atoms with van der Waals surface area (Å²) in [6.07, 6.45) is 1.99. The molecule has 0 bridgehead atoms. The predicted octanol–water partition coefficient (Wildman–Crippen LogP) is 2.40. The number of hydrogen-bond acceptors (Lipinski definition) is 2. The smallest absolute Gasteiger partial charge is 0.0637 e. The average Bonchev–Trinajstić information content (AvgIpc) is 1.68. The lowest BCUT2D eigenvalue weighted by Crippen LogP contribution is -1.71. The molecule has 0 spiro atoms. The SMILES string of the molecule is C=C(CCC)N=C=S. The van der Waals surface area contributed by atoms with E-state index in [2.05, 4.69) is 35.9 Å². The van der Waals surface area contributed by atoms with Crippen LogP contribution in [0.15, 0.2) is 17.3 Å². The molecule has 0 aliphatic heterocycles. The molecule has 0 N–H and O–H groups in total. The Kier molecular flexibility index (Phi) is 4.42. The molecule has 0 aromatic heterocycles. The van der Waals surface area contributed by atoms with E-state index in [-0.39, 0.29) is 0 Å². The molecule has 0 radical (unpaired) electrons. The molecule has 1 nitrogen and oxygen atoms in total. The van der Waals surface area contributed by atoms with Crippen LogP contribution in [0.4, 0.5) is 0 Å². The largest absolute Gasteiger partial charge is 0.200 e. The van der Waals surface area contributed by atoms with Crippen molar-refractivity contribution in [2.45, 2.75) is 19.8 Å². The Morgan fingerprint density at radius 1 is 1.88 bits per heavy atom. The van der Waals surface area contributed by atoms with E-state index >= 15 is 0 Å². The number of thiocarbonyl (C=S) groups is 1. The van der Waals surface area contributed by atoms with Gasteiger partial charge in [0.25, 0.3) is 0 Å². The highest BCUT2D eigenvalue weighted by molar-refractivity contribution is 7.78. The van der Waals surface area contributed by atoms with Crippen LogP contribution in [-0.2, 0) is 0 Å². The fourth-order valence-corrected chi connectivity index (χ4v) is 0.538. The molecular weight excluding hydrogens is 118 g/mol. The van der Waals surface area contributed by atoms with Gasteiger partial charge in [-0.05, 0) is 18.6 Å². The molecule has 0 aromatic carbocycles. The van der Waals surface area contributed by atoms with Gasteiger partial charge in [0, 0.05) is 5.70 Å². The van der Waals surface area contributed by atoms with Crippen molar-refractivity contribution in [1.29, 1.82) is 0 Å². The fraction of sp³-hybridized carbons (Fsp3) is 0.500. The van der Waals surface area contributed by atoms with Gasteiger partial charge in [-0.2, -0.15) is 4.99 Å². The van der Waals surface area contributed by atoms with Gasteiger partial charge in [0.1, 0.15) is 0 Å². The Bertz CT molecular complexity index is 122. The number of nitrogens with zero attached hydrogens (tertiary/aromatic N) is 1. The first-order chi connectivity index (χ1) is 3.81. The van der Waals surface area contributed by atoms with E-state index < -0.39 is 0 Å². The number of hydrogen-bond donors (Lipinski definition) is 0. The molecule has 0 unspecified atom stereocenters. The first-order valence-electron chi connectivity index (χ1n) is 2.57. The third-order valence-electron chi connectivity index (χ3n) is 0.742. The van der Waals surface area contributed by atoms with Crippen LogP contribution in [0.25, 0.3) is 0 Å². The minimum atomic E-state index is 0.822. The van der Waals surface area contributed by atoms with Crippen LogP contribution in [-0.4, -0.2) is 5.16 Å². The number of aliphatic imine (C=N–C) groups is 1. The summed E-state index contributed by atoms with van der Waals surface area (Å²) in [4.78, 5) is 3.68. The maximum Gasteiger partial charge on any atom is 0.0637 e. The van der Waals surface area contributed by atoms with E-state index in [9.17, 15) is 0 Å². The summed E-state index contributed by atoms with van der Waals surface area (Å²) in [5, 5.41) is 2.26. The van der Waals surface area contributed by atoms with Gasteiger partial charge in [-0.3, -0.25) is 0 Å². The molecule has 0 saturated heterocycles. The molecule has 0 rings (SSSR count). The van der Waals surface area contributed by atoms with Crippen LogP contribution in [0.2, 0.25) is 0 Å². The van der Waals surface area contributed by atoms with Gasteiger partial charge in [0.05, 0.1) is 5.16 Å². The minimum Gasteiger partial charge on any atom is -0.200 e. The molecule has 0 atom stereocenters.